The Labute approximate surface area is 226 Å². The Balaban J connectivity index is 1.78. The van der Waals surface area contributed by atoms with Crippen LogP contribution in [0.4, 0.5) is 0 Å². The van der Waals surface area contributed by atoms with Crippen LogP contribution in [-0.4, -0.2) is 0 Å². The maximum absolute atomic E-state index is 8.22. The van der Waals surface area contributed by atoms with Crippen LogP contribution in [0.3, 0.4) is 0 Å². The van der Waals surface area contributed by atoms with Crippen LogP contribution < -0.4 is 0 Å². The summed E-state index contributed by atoms with van der Waals surface area (Å²) >= 11 is -1.78. The number of hydrogen-bond donors (Lipinski definition) is 1. The van der Waals surface area contributed by atoms with Gasteiger partial charge in [-0.3, -0.25) is 0 Å². The molecule has 2 aliphatic carbocycles. The maximum atomic E-state index is 8.22. The molecule has 173 valence electrons. The zero-order chi connectivity index (χ0) is 24.3. The van der Waals surface area contributed by atoms with Crippen LogP contribution in [-0.2, 0) is 21.2 Å². The molecule has 2 unspecified atom stereocenters. The molecule has 4 aromatic rings. The summed E-state index contributed by atoms with van der Waals surface area (Å²) in [5.74, 6) is 0. The van der Waals surface area contributed by atoms with Gasteiger partial charge in [0, 0.05) is 0 Å². The van der Waals surface area contributed by atoms with Gasteiger partial charge in [-0.15, -0.1) is 0 Å². The molecule has 5 heteroatoms. The first-order valence-electron chi connectivity index (χ1n) is 11.5. The number of hydrogen-bond acceptors (Lipinski definition) is 1. The van der Waals surface area contributed by atoms with E-state index in [0.29, 0.717) is 0 Å². The first-order valence-corrected chi connectivity index (χ1v) is 24.8. The molecule has 0 saturated heterocycles. The SMILES string of the molecule is [SH][Zr]([Cl])([Cl])([C]1(c2ccccc2)C=Cc2ccccc21)[C]1(c2ccccc2)C=Cc2ccc(Br)cc21. The van der Waals surface area contributed by atoms with Crippen molar-refractivity contribution in [1.29, 1.82) is 0 Å². The molecule has 0 amide bonds. The molecule has 35 heavy (non-hydrogen) atoms. The Bertz CT molecular complexity index is 1510. The van der Waals surface area contributed by atoms with Crippen molar-refractivity contribution in [1.82, 2.24) is 0 Å². The van der Waals surface area contributed by atoms with E-state index in [1.807, 2.05) is 12.1 Å². The monoisotopic (exact) mass is 653 g/mol. The van der Waals surface area contributed by atoms with E-state index in [-0.39, 0.29) is 0 Å². The standard InChI is InChI=1S/C15H10Br.C15H11.2ClH.H2S.Zr/c16-13-8-6-12-7-9-14(15(12)10-13)11-4-2-1-3-5-11;1-2-6-12(7-3-1)15-11-10-13-8-4-5-9-14(13)15;;;;/h1-10H;1-11H;2*1H;1H2;/q;;;;;+3/p-3. The van der Waals surface area contributed by atoms with E-state index < -0.39 is 21.2 Å². The Kier molecular flexibility index (Phi) is 5.72. The second kappa shape index (κ2) is 8.33. The molecule has 2 atom stereocenters. The Morgan fingerprint density at radius 3 is 1.69 bits per heavy atom. The van der Waals surface area contributed by atoms with Gasteiger partial charge in [-0.05, 0) is 0 Å². The summed E-state index contributed by atoms with van der Waals surface area (Å²) < 4.78 is -0.565. The van der Waals surface area contributed by atoms with Gasteiger partial charge in [0.05, 0.1) is 0 Å². The zero-order valence-corrected chi connectivity index (χ0v) is 25.2. The molecule has 0 saturated carbocycles. The molecule has 4 aromatic carbocycles. The van der Waals surface area contributed by atoms with Gasteiger partial charge >= 0.3 is 229 Å². The van der Waals surface area contributed by atoms with Gasteiger partial charge in [0.1, 0.15) is 0 Å². The second-order valence-corrected chi connectivity index (χ2v) is 37.3. The van der Waals surface area contributed by atoms with Crippen molar-refractivity contribution >= 4 is 54.5 Å². The van der Waals surface area contributed by atoms with Gasteiger partial charge < -0.3 is 0 Å². The van der Waals surface area contributed by atoms with Crippen LogP contribution >= 0.6 is 42.3 Å². The van der Waals surface area contributed by atoms with Crippen LogP contribution in [0.15, 0.2) is 120 Å². The predicted octanol–water partition coefficient (Wildman–Crippen LogP) is 9.53. The number of fused-ring (bicyclic) bond motifs is 2. The van der Waals surface area contributed by atoms with Gasteiger partial charge in [0.25, 0.3) is 0 Å². The third-order valence-corrected chi connectivity index (χ3v) is 29.5. The molecule has 0 fully saturated rings. The van der Waals surface area contributed by atoms with E-state index in [1.54, 1.807) is 0 Å². The Morgan fingerprint density at radius 1 is 0.600 bits per heavy atom. The topological polar surface area (TPSA) is 0 Å². The molecule has 0 nitrogen and oxygen atoms in total. The van der Waals surface area contributed by atoms with E-state index in [9.17, 15) is 0 Å². The number of halogens is 3. The van der Waals surface area contributed by atoms with Gasteiger partial charge in [0.2, 0.25) is 0 Å². The van der Waals surface area contributed by atoms with Gasteiger partial charge in [0.15, 0.2) is 0 Å². The third kappa shape index (κ3) is 3.15. The van der Waals surface area contributed by atoms with Crippen molar-refractivity contribution in [3.05, 3.63) is 153 Å². The molecule has 0 N–H and O–H groups in total. The van der Waals surface area contributed by atoms with Crippen molar-refractivity contribution in [3.8, 4) is 0 Å². The second-order valence-electron chi connectivity index (χ2n) is 9.30. The van der Waals surface area contributed by atoms with E-state index in [2.05, 4.69) is 131 Å². The minimum absolute atomic E-state index is 0.768. The third-order valence-electron chi connectivity index (χ3n) is 7.65. The summed E-state index contributed by atoms with van der Waals surface area (Å²) in [6.07, 6.45) is 8.76. The summed E-state index contributed by atoms with van der Waals surface area (Å²) in [4.78, 5) is 0. The minimum atomic E-state index is -5.49. The van der Waals surface area contributed by atoms with Crippen molar-refractivity contribution in [2.75, 3.05) is 0 Å². The summed E-state index contributed by atoms with van der Waals surface area (Å²) in [6.45, 7) is 0. The van der Waals surface area contributed by atoms with Gasteiger partial charge in [-0.2, -0.15) is 0 Å². The fraction of sp³-hybridized carbons (Fsp3) is 0.0667. The van der Waals surface area contributed by atoms with E-state index >= 15 is 0 Å². The average molecular weight is 657 g/mol. The summed E-state index contributed by atoms with van der Waals surface area (Å²) in [7, 11) is 22.1. The molecule has 0 radical (unpaired) electrons. The van der Waals surface area contributed by atoms with E-state index in [4.69, 9.17) is 26.4 Å². The van der Waals surface area contributed by atoms with Gasteiger partial charge in [-0.25, -0.2) is 0 Å². The molecule has 6 rings (SSSR count). The van der Waals surface area contributed by atoms with Crippen molar-refractivity contribution in [2.45, 2.75) is 6.25 Å². The normalized spacial score (nSPS) is 23.5. The van der Waals surface area contributed by atoms with Crippen LogP contribution in [0, 0.1) is 0 Å². The quantitative estimate of drug-likeness (QED) is 0.208. The van der Waals surface area contributed by atoms with Crippen LogP contribution in [0.25, 0.3) is 12.2 Å². The van der Waals surface area contributed by atoms with E-state index in [0.717, 1.165) is 37.9 Å². The summed E-state index contributed by atoms with van der Waals surface area (Å²) in [6, 6.07) is 35.6. The summed E-state index contributed by atoms with van der Waals surface area (Å²) in [5, 5.41) is 0. The number of thiol groups is 1. The molecule has 0 bridgehead atoms. The predicted molar refractivity (Wildman–Crippen MR) is 154 cm³/mol. The average Bonchev–Trinajstić information content (AvgIpc) is 3.46. The number of allylic oxidation sites excluding steroid dienone is 2. The van der Waals surface area contributed by atoms with E-state index in [1.165, 1.54) is 0 Å². The van der Waals surface area contributed by atoms with Crippen molar-refractivity contribution in [2.24, 2.45) is 0 Å². The molecular weight excluding hydrogens is 634 g/mol. The number of benzene rings is 4. The molecule has 0 heterocycles. The molecule has 0 aromatic heterocycles. The fourth-order valence-corrected chi connectivity index (χ4v) is 26.7. The van der Waals surface area contributed by atoms with Crippen molar-refractivity contribution in [3.63, 3.8) is 0 Å². The van der Waals surface area contributed by atoms with Crippen LogP contribution in [0.5, 0.6) is 0 Å². The molecule has 2 aliphatic rings. The first-order chi connectivity index (χ1) is 16.8. The van der Waals surface area contributed by atoms with Gasteiger partial charge in [-0.1, -0.05) is 0 Å². The summed E-state index contributed by atoms with van der Waals surface area (Å²) in [5.41, 5.74) is 6.59. The molecule has 0 aliphatic heterocycles. The number of rotatable bonds is 4. The molecule has 0 spiro atoms. The molecular formula is C30H22BrCl2SZr. The Morgan fingerprint density at radius 2 is 1.09 bits per heavy atom. The van der Waals surface area contributed by atoms with Crippen LogP contribution in [0.1, 0.15) is 33.4 Å². The first kappa shape index (κ1) is 24.0. The fourth-order valence-electron chi connectivity index (χ4n) is 6.08. The zero-order valence-electron chi connectivity index (χ0n) is 18.7. The van der Waals surface area contributed by atoms with Crippen molar-refractivity contribution < 1.29 is 14.9 Å². The Hall–Kier alpha value is -1.35. The van der Waals surface area contributed by atoms with Crippen LogP contribution in [0.2, 0.25) is 0 Å².